The molecule has 0 spiro atoms. The lowest BCUT2D eigenvalue weighted by Crippen LogP contribution is -2.45. The molecule has 7 nitrogen and oxygen atoms in total. The Morgan fingerprint density at radius 2 is 1.73 bits per heavy atom. The van der Waals surface area contributed by atoms with E-state index in [1.54, 1.807) is 33.9 Å². The van der Waals surface area contributed by atoms with Crippen LogP contribution in [0.2, 0.25) is 0 Å². The third kappa shape index (κ3) is 4.02. The molecule has 0 saturated carbocycles. The Bertz CT molecular complexity index is 1300. The number of imide groups is 1. The van der Waals surface area contributed by atoms with Crippen molar-refractivity contribution in [3.8, 4) is 17.0 Å². The van der Waals surface area contributed by atoms with E-state index >= 15 is 0 Å². The second-order valence-corrected chi connectivity index (χ2v) is 10.1. The monoisotopic (exact) mass is 463 g/mol. The van der Waals surface area contributed by atoms with Crippen LogP contribution in [0.5, 0.6) is 5.75 Å². The minimum Gasteiger partial charge on any atom is -0.496 e. The van der Waals surface area contributed by atoms with Crippen molar-refractivity contribution in [1.82, 2.24) is 9.88 Å². The van der Waals surface area contributed by atoms with Crippen molar-refractivity contribution in [3.63, 3.8) is 0 Å². The predicted molar refractivity (Wildman–Crippen MR) is 128 cm³/mol. The zero-order valence-electron chi connectivity index (χ0n) is 19.4. The van der Waals surface area contributed by atoms with Gasteiger partial charge in [-0.2, -0.15) is 0 Å². The average Bonchev–Trinajstić information content (AvgIpc) is 3.23. The number of hydrogen-bond acceptors (Lipinski definition) is 6. The number of hydrogen-bond donors (Lipinski definition) is 1. The van der Waals surface area contributed by atoms with Gasteiger partial charge < -0.3 is 4.74 Å². The van der Waals surface area contributed by atoms with Crippen LogP contribution in [0.1, 0.15) is 62.3 Å². The number of anilines is 1. The molecule has 0 unspecified atom stereocenters. The van der Waals surface area contributed by atoms with Gasteiger partial charge in [0.25, 0.3) is 17.7 Å². The first-order valence-electron chi connectivity index (χ1n) is 10.5. The van der Waals surface area contributed by atoms with Gasteiger partial charge in [0.1, 0.15) is 5.75 Å². The van der Waals surface area contributed by atoms with Gasteiger partial charge in [0.05, 0.1) is 23.9 Å². The van der Waals surface area contributed by atoms with E-state index in [1.807, 2.05) is 32.0 Å². The summed E-state index contributed by atoms with van der Waals surface area (Å²) in [6.45, 7) is 9.31. The van der Waals surface area contributed by atoms with Crippen molar-refractivity contribution in [2.75, 3.05) is 12.4 Å². The van der Waals surface area contributed by atoms with Gasteiger partial charge in [-0.15, -0.1) is 11.3 Å². The van der Waals surface area contributed by atoms with Crippen LogP contribution < -0.4 is 10.1 Å². The molecule has 0 saturated heterocycles. The van der Waals surface area contributed by atoms with Gasteiger partial charge in [0.15, 0.2) is 5.13 Å². The molecule has 3 amide bonds. The zero-order valence-corrected chi connectivity index (χ0v) is 20.2. The number of thiazole rings is 1. The van der Waals surface area contributed by atoms with Crippen LogP contribution in [0.3, 0.4) is 0 Å². The molecule has 1 aliphatic heterocycles. The van der Waals surface area contributed by atoms with Crippen LogP contribution in [0.4, 0.5) is 5.13 Å². The summed E-state index contributed by atoms with van der Waals surface area (Å²) in [6.07, 6.45) is 0. The Morgan fingerprint density at radius 3 is 2.36 bits per heavy atom. The molecule has 170 valence electrons. The van der Waals surface area contributed by atoms with E-state index < -0.39 is 11.4 Å². The second kappa shape index (κ2) is 8.12. The maximum absolute atomic E-state index is 12.9. The summed E-state index contributed by atoms with van der Waals surface area (Å²) in [7, 11) is 1.63. The normalized spacial score (nSPS) is 13.3. The number of carbonyl (C=O) groups excluding carboxylic acids is 3. The minimum absolute atomic E-state index is 0.243. The first-order chi connectivity index (χ1) is 15.5. The standard InChI is InChI=1S/C25H25N3O4S/c1-13-11-15(8-10-19(13)32-6)20-14(2)33-24(26-20)27-21(29)16-7-9-17-18(12-16)23(31)28(22(17)30)25(3,4)5/h7-12H,1-6H3,(H,26,27,29). The summed E-state index contributed by atoms with van der Waals surface area (Å²) in [5, 5.41) is 3.28. The summed E-state index contributed by atoms with van der Waals surface area (Å²) in [4.78, 5) is 45.2. The molecule has 0 radical (unpaired) electrons. The molecule has 1 N–H and O–H groups in total. The Morgan fingerprint density at radius 1 is 1.03 bits per heavy atom. The fourth-order valence-corrected chi connectivity index (χ4v) is 4.73. The third-order valence-corrected chi connectivity index (χ3v) is 6.39. The van der Waals surface area contributed by atoms with Gasteiger partial charge in [-0.25, -0.2) is 4.98 Å². The quantitative estimate of drug-likeness (QED) is 0.545. The van der Waals surface area contributed by atoms with E-state index in [4.69, 9.17) is 4.74 Å². The van der Waals surface area contributed by atoms with Crippen LogP contribution in [-0.2, 0) is 0 Å². The molecule has 0 aliphatic carbocycles. The van der Waals surface area contributed by atoms with E-state index in [9.17, 15) is 14.4 Å². The number of amides is 3. The molecule has 2 heterocycles. The van der Waals surface area contributed by atoms with Gasteiger partial charge in [-0.3, -0.25) is 24.6 Å². The molecular weight excluding hydrogens is 438 g/mol. The number of fused-ring (bicyclic) bond motifs is 1. The molecular formula is C25H25N3O4S. The minimum atomic E-state index is -0.649. The van der Waals surface area contributed by atoms with E-state index in [0.29, 0.717) is 16.3 Å². The Hall–Kier alpha value is -3.52. The highest BCUT2D eigenvalue weighted by atomic mass is 32.1. The second-order valence-electron chi connectivity index (χ2n) is 8.94. The number of nitrogens with zero attached hydrogens (tertiary/aromatic N) is 2. The third-order valence-electron chi connectivity index (χ3n) is 5.50. The van der Waals surface area contributed by atoms with E-state index in [1.165, 1.54) is 28.4 Å². The van der Waals surface area contributed by atoms with Crippen LogP contribution >= 0.6 is 11.3 Å². The maximum atomic E-state index is 12.9. The first kappa shape index (κ1) is 22.7. The summed E-state index contributed by atoms with van der Waals surface area (Å²) in [5.41, 5.74) is 2.92. The van der Waals surface area contributed by atoms with Crippen molar-refractivity contribution in [1.29, 1.82) is 0 Å². The van der Waals surface area contributed by atoms with Crippen LogP contribution in [-0.4, -0.2) is 40.3 Å². The molecule has 1 aliphatic rings. The van der Waals surface area contributed by atoms with Gasteiger partial charge in [-0.1, -0.05) is 0 Å². The molecule has 33 heavy (non-hydrogen) atoms. The van der Waals surface area contributed by atoms with Crippen molar-refractivity contribution in [2.45, 2.75) is 40.2 Å². The first-order valence-corrected chi connectivity index (χ1v) is 11.3. The lowest BCUT2D eigenvalue weighted by molar-refractivity contribution is 0.0507. The smallest absolute Gasteiger partial charge is 0.262 e. The Kier molecular flexibility index (Phi) is 5.57. The molecule has 3 aromatic rings. The van der Waals surface area contributed by atoms with Gasteiger partial charge in [0.2, 0.25) is 0 Å². The van der Waals surface area contributed by atoms with Gasteiger partial charge >= 0.3 is 0 Å². The number of methoxy groups -OCH3 is 1. The lowest BCUT2D eigenvalue weighted by atomic mass is 10.1. The highest BCUT2D eigenvalue weighted by Crippen LogP contribution is 2.34. The number of rotatable bonds is 4. The fourth-order valence-electron chi connectivity index (χ4n) is 3.90. The Labute approximate surface area is 196 Å². The lowest BCUT2D eigenvalue weighted by Gasteiger charge is -2.29. The largest absolute Gasteiger partial charge is 0.496 e. The predicted octanol–water partition coefficient (Wildman–Crippen LogP) is 5.08. The zero-order chi connectivity index (χ0) is 24.1. The number of carbonyl (C=O) groups is 3. The van der Waals surface area contributed by atoms with E-state index in [-0.39, 0.29) is 17.4 Å². The summed E-state index contributed by atoms with van der Waals surface area (Å²) in [5.74, 6) is -0.322. The molecule has 0 fully saturated rings. The molecule has 8 heteroatoms. The number of benzene rings is 2. The number of aromatic nitrogens is 1. The van der Waals surface area contributed by atoms with Crippen LogP contribution in [0, 0.1) is 13.8 Å². The summed E-state index contributed by atoms with van der Waals surface area (Å²) in [6, 6.07) is 10.4. The van der Waals surface area contributed by atoms with Crippen molar-refractivity contribution in [2.24, 2.45) is 0 Å². The van der Waals surface area contributed by atoms with Gasteiger partial charge in [0, 0.05) is 21.5 Å². The fraction of sp³-hybridized carbons (Fsp3) is 0.280. The van der Waals surface area contributed by atoms with E-state index in [0.717, 1.165) is 27.4 Å². The SMILES string of the molecule is COc1ccc(-c2nc(NC(=O)c3ccc4c(c3)C(=O)N(C(C)(C)C)C4=O)sc2C)cc1C. The molecule has 2 aromatic carbocycles. The van der Waals surface area contributed by atoms with Crippen LogP contribution in [0.15, 0.2) is 36.4 Å². The Balaban J connectivity index is 1.58. The van der Waals surface area contributed by atoms with Crippen molar-refractivity contribution >= 4 is 34.2 Å². The number of ether oxygens (including phenoxy) is 1. The number of nitrogens with one attached hydrogen (secondary N) is 1. The average molecular weight is 464 g/mol. The van der Waals surface area contributed by atoms with Crippen LogP contribution in [0.25, 0.3) is 11.3 Å². The highest BCUT2D eigenvalue weighted by Gasteiger charge is 2.42. The summed E-state index contributed by atoms with van der Waals surface area (Å²) < 4.78 is 5.32. The van der Waals surface area contributed by atoms with E-state index in [2.05, 4.69) is 10.3 Å². The molecule has 0 atom stereocenters. The topological polar surface area (TPSA) is 88.6 Å². The van der Waals surface area contributed by atoms with Crippen molar-refractivity contribution < 1.29 is 19.1 Å². The maximum Gasteiger partial charge on any atom is 0.262 e. The molecule has 1 aromatic heterocycles. The molecule has 4 rings (SSSR count). The highest BCUT2D eigenvalue weighted by molar-refractivity contribution is 7.16. The summed E-state index contributed by atoms with van der Waals surface area (Å²) >= 11 is 1.37. The van der Waals surface area contributed by atoms with Crippen molar-refractivity contribution in [3.05, 3.63) is 63.5 Å². The number of aryl methyl sites for hydroxylation is 2. The van der Waals surface area contributed by atoms with Gasteiger partial charge in [-0.05, 0) is 76.6 Å². The molecule has 0 bridgehead atoms.